The van der Waals surface area contributed by atoms with Crippen LogP contribution in [0.5, 0.6) is 0 Å². The lowest BCUT2D eigenvalue weighted by Gasteiger charge is -2.42. The molecule has 0 unspecified atom stereocenters. The zero-order chi connectivity index (χ0) is 21.7. The van der Waals surface area contributed by atoms with E-state index in [2.05, 4.69) is 29.2 Å². The van der Waals surface area contributed by atoms with Crippen molar-refractivity contribution in [2.75, 3.05) is 33.4 Å². The summed E-state index contributed by atoms with van der Waals surface area (Å²) in [6.07, 6.45) is 7.11. The van der Waals surface area contributed by atoms with E-state index in [4.69, 9.17) is 9.47 Å². The van der Waals surface area contributed by atoms with E-state index < -0.39 is 5.41 Å². The van der Waals surface area contributed by atoms with Crippen LogP contribution in [-0.2, 0) is 25.5 Å². The molecule has 4 rings (SSSR count). The summed E-state index contributed by atoms with van der Waals surface area (Å²) in [4.78, 5) is 31.5. The lowest BCUT2D eigenvalue weighted by atomic mass is 9.73. The molecule has 0 saturated carbocycles. The van der Waals surface area contributed by atoms with Crippen molar-refractivity contribution in [3.8, 4) is 11.1 Å². The Hall–Kier alpha value is -2.73. The number of methoxy groups -OCH3 is 1. The van der Waals surface area contributed by atoms with E-state index in [-0.39, 0.29) is 17.8 Å². The van der Waals surface area contributed by atoms with Crippen LogP contribution in [-0.4, -0.2) is 55.2 Å². The first-order valence-corrected chi connectivity index (χ1v) is 11.1. The molecule has 2 aromatic rings. The largest absolute Gasteiger partial charge is 0.469 e. The van der Waals surface area contributed by atoms with Crippen molar-refractivity contribution in [1.29, 1.82) is 0 Å². The van der Waals surface area contributed by atoms with Crippen LogP contribution in [0.4, 0.5) is 0 Å². The summed E-state index contributed by atoms with van der Waals surface area (Å²) in [5.74, 6) is -0.0556. The van der Waals surface area contributed by atoms with E-state index >= 15 is 0 Å². The predicted molar refractivity (Wildman–Crippen MR) is 117 cm³/mol. The number of esters is 1. The summed E-state index contributed by atoms with van der Waals surface area (Å²) < 4.78 is 10.5. The molecule has 1 amide bonds. The number of hydrogen-bond donors (Lipinski definition) is 0. The minimum atomic E-state index is -0.436. The quantitative estimate of drug-likeness (QED) is 0.690. The fraction of sp³-hybridized carbons (Fsp3) is 0.480. The third-order valence-corrected chi connectivity index (χ3v) is 6.73. The van der Waals surface area contributed by atoms with Gasteiger partial charge < -0.3 is 14.4 Å². The lowest BCUT2D eigenvalue weighted by Crippen LogP contribution is -2.51. The molecular formula is C25H30N2O4. The fourth-order valence-electron chi connectivity index (χ4n) is 4.80. The molecule has 0 spiro atoms. The number of likely N-dealkylation sites (tertiary alicyclic amines) is 1. The Labute approximate surface area is 183 Å². The predicted octanol–water partition coefficient (Wildman–Crippen LogP) is 3.50. The van der Waals surface area contributed by atoms with Crippen LogP contribution in [0.3, 0.4) is 0 Å². The first kappa shape index (κ1) is 21.5. The highest BCUT2D eigenvalue weighted by molar-refractivity contribution is 5.84. The highest BCUT2D eigenvalue weighted by Crippen LogP contribution is 2.38. The molecule has 164 valence electrons. The van der Waals surface area contributed by atoms with Gasteiger partial charge in [0.05, 0.1) is 18.4 Å². The molecule has 3 heterocycles. The van der Waals surface area contributed by atoms with Gasteiger partial charge in [0.1, 0.15) is 0 Å². The van der Waals surface area contributed by atoms with Gasteiger partial charge in [-0.25, -0.2) is 0 Å². The first-order chi connectivity index (χ1) is 15.1. The maximum absolute atomic E-state index is 13.7. The monoisotopic (exact) mass is 422 g/mol. The number of aromatic nitrogens is 1. The number of pyridine rings is 1. The molecule has 2 aliphatic rings. The highest BCUT2D eigenvalue weighted by atomic mass is 16.5. The third-order valence-electron chi connectivity index (χ3n) is 6.73. The average molecular weight is 423 g/mol. The molecular weight excluding hydrogens is 392 g/mol. The maximum atomic E-state index is 13.7. The second-order valence-corrected chi connectivity index (χ2v) is 8.59. The van der Waals surface area contributed by atoms with Gasteiger partial charge in [0, 0.05) is 38.7 Å². The van der Waals surface area contributed by atoms with Crippen LogP contribution in [0.15, 0.2) is 48.8 Å². The van der Waals surface area contributed by atoms with Gasteiger partial charge in [0.2, 0.25) is 5.91 Å². The van der Waals surface area contributed by atoms with E-state index in [0.29, 0.717) is 45.6 Å². The van der Waals surface area contributed by atoms with Gasteiger partial charge in [-0.05, 0) is 60.9 Å². The SMILES string of the molecule is COC(=O)C1CCN(C(=O)C2(Cc3ccc(-c4ccncc4)cc3)CCOCC2)CC1. The van der Waals surface area contributed by atoms with Crippen molar-refractivity contribution in [2.24, 2.45) is 11.3 Å². The zero-order valence-corrected chi connectivity index (χ0v) is 18.1. The number of piperidine rings is 1. The summed E-state index contributed by atoms with van der Waals surface area (Å²) in [5.41, 5.74) is 3.00. The molecule has 1 aromatic heterocycles. The third kappa shape index (κ3) is 4.79. The number of benzene rings is 1. The van der Waals surface area contributed by atoms with Crippen molar-refractivity contribution in [3.63, 3.8) is 0 Å². The zero-order valence-electron chi connectivity index (χ0n) is 18.1. The Morgan fingerprint density at radius 1 is 1.03 bits per heavy atom. The van der Waals surface area contributed by atoms with Crippen LogP contribution in [0, 0.1) is 11.3 Å². The number of carbonyl (C=O) groups is 2. The van der Waals surface area contributed by atoms with Crippen molar-refractivity contribution in [3.05, 3.63) is 54.4 Å². The minimum Gasteiger partial charge on any atom is -0.469 e. The van der Waals surface area contributed by atoms with E-state index in [1.54, 1.807) is 12.4 Å². The molecule has 0 bridgehead atoms. The summed E-state index contributed by atoms with van der Waals surface area (Å²) in [6.45, 7) is 2.45. The summed E-state index contributed by atoms with van der Waals surface area (Å²) >= 11 is 0. The molecule has 2 saturated heterocycles. The molecule has 6 nitrogen and oxygen atoms in total. The molecule has 2 aliphatic heterocycles. The van der Waals surface area contributed by atoms with Crippen molar-refractivity contribution >= 4 is 11.9 Å². The first-order valence-electron chi connectivity index (χ1n) is 11.1. The van der Waals surface area contributed by atoms with Crippen molar-refractivity contribution in [1.82, 2.24) is 9.88 Å². The highest BCUT2D eigenvalue weighted by Gasteiger charge is 2.43. The van der Waals surface area contributed by atoms with Crippen LogP contribution in [0.25, 0.3) is 11.1 Å². The summed E-state index contributed by atoms with van der Waals surface area (Å²) in [5, 5.41) is 0. The van der Waals surface area contributed by atoms with Gasteiger partial charge in [-0.1, -0.05) is 24.3 Å². The average Bonchev–Trinajstić information content (AvgIpc) is 2.85. The Kier molecular flexibility index (Phi) is 6.66. The number of ether oxygens (including phenoxy) is 2. The number of carbonyl (C=O) groups excluding carboxylic acids is 2. The molecule has 0 N–H and O–H groups in total. The van der Waals surface area contributed by atoms with E-state index in [1.165, 1.54) is 7.11 Å². The van der Waals surface area contributed by atoms with Crippen molar-refractivity contribution < 1.29 is 19.1 Å². The van der Waals surface area contributed by atoms with Gasteiger partial charge in [-0.15, -0.1) is 0 Å². The topological polar surface area (TPSA) is 68.7 Å². The number of amides is 1. The standard InChI is InChI=1S/C25H30N2O4/c1-30-23(28)22-8-14-27(15-9-22)24(29)25(10-16-31-17-11-25)18-19-2-4-20(5-3-19)21-6-12-26-13-7-21/h2-7,12-13,22H,8-11,14-18H2,1H3. The summed E-state index contributed by atoms with van der Waals surface area (Å²) in [7, 11) is 1.43. The van der Waals surface area contributed by atoms with E-state index in [9.17, 15) is 9.59 Å². The van der Waals surface area contributed by atoms with E-state index in [0.717, 1.165) is 29.5 Å². The van der Waals surface area contributed by atoms with Gasteiger partial charge in [-0.2, -0.15) is 0 Å². The number of nitrogens with zero attached hydrogens (tertiary/aromatic N) is 2. The molecule has 6 heteroatoms. The van der Waals surface area contributed by atoms with Gasteiger partial charge in [0.15, 0.2) is 0 Å². The van der Waals surface area contributed by atoms with Crippen LogP contribution in [0.2, 0.25) is 0 Å². The lowest BCUT2D eigenvalue weighted by molar-refractivity contribution is -0.154. The van der Waals surface area contributed by atoms with Gasteiger partial charge in [0.25, 0.3) is 0 Å². The normalized spacial score (nSPS) is 19.1. The second kappa shape index (κ2) is 9.60. The number of hydrogen-bond acceptors (Lipinski definition) is 5. The Bertz CT molecular complexity index is 883. The Morgan fingerprint density at radius 2 is 1.65 bits per heavy atom. The van der Waals surface area contributed by atoms with Gasteiger partial charge >= 0.3 is 5.97 Å². The molecule has 0 radical (unpaired) electrons. The molecule has 0 aliphatic carbocycles. The molecule has 0 atom stereocenters. The minimum absolute atomic E-state index is 0.0968. The molecule has 1 aromatic carbocycles. The smallest absolute Gasteiger partial charge is 0.308 e. The number of rotatable bonds is 5. The molecule has 2 fully saturated rings. The van der Waals surface area contributed by atoms with Gasteiger partial charge in [-0.3, -0.25) is 14.6 Å². The van der Waals surface area contributed by atoms with Crippen LogP contribution in [0.1, 0.15) is 31.2 Å². The Balaban J connectivity index is 1.48. The fourth-order valence-corrected chi connectivity index (χ4v) is 4.80. The Morgan fingerprint density at radius 3 is 2.26 bits per heavy atom. The second-order valence-electron chi connectivity index (χ2n) is 8.59. The van der Waals surface area contributed by atoms with Crippen molar-refractivity contribution in [2.45, 2.75) is 32.1 Å². The maximum Gasteiger partial charge on any atom is 0.308 e. The van der Waals surface area contributed by atoms with Crippen LogP contribution < -0.4 is 0 Å². The molecule has 31 heavy (non-hydrogen) atoms. The van der Waals surface area contributed by atoms with Crippen LogP contribution >= 0.6 is 0 Å². The summed E-state index contributed by atoms with van der Waals surface area (Å²) in [6, 6.07) is 12.5. The van der Waals surface area contributed by atoms with E-state index in [1.807, 2.05) is 17.0 Å².